The van der Waals surface area contributed by atoms with Gasteiger partial charge in [0.05, 0.1) is 24.4 Å². The van der Waals surface area contributed by atoms with Gasteiger partial charge in [-0.2, -0.15) is 0 Å². The molecule has 2 fully saturated rings. The monoisotopic (exact) mass is 354 g/mol. The highest BCUT2D eigenvalue weighted by Crippen LogP contribution is 2.46. The number of aliphatic hydroxyl groups excluding tert-OH is 2. The van der Waals surface area contributed by atoms with Gasteiger partial charge in [-0.25, -0.2) is 0 Å². The second-order valence-corrected chi connectivity index (χ2v) is 9.07. The van der Waals surface area contributed by atoms with Crippen molar-refractivity contribution >= 4 is 0 Å². The molecule has 148 valence electrons. The highest BCUT2D eigenvalue weighted by atomic mass is 16.5. The van der Waals surface area contributed by atoms with Crippen molar-refractivity contribution in [2.24, 2.45) is 17.8 Å². The highest BCUT2D eigenvalue weighted by molar-refractivity contribution is 4.97. The van der Waals surface area contributed by atoms with Crippen LogP contribution in [-0.4, -0.2) is 34.6 Å². The van der Waals surface area contributed by atoms with Crippen LogP contribution in [0, 0.1) is 17.8 Å². The molecule has 1 saturated carbocycles. The third-order valence-corrected chi connectivity index (χ3v) is 6.43. The lowest BCUT2D eigenvalue weighted by atomic mass is 9.85. The van der Waals surface area contributed by atoms with Crippen LogP contribution in [0.3, 0.4) is 0 Å². The molecular formula is C22H42O3. The molecule has 0 radical (unpaired) electrons. The van der Waals surface area contributed by atoms with Crippen LogP contribution in [0.2, 0.25) is 0 Å². The Balaban J connectivity index is 1.68. The van der Waals surface area contributed by atoms with E-state index in [9.17, 15) is 10.2 Å². The average Bonchev–Trinajstić information content (AvgIpc) is 3.06. The zero-order chi connectivity index (χ0) is 18.2. The third kappa shape index (κ3) is 6.84. The normalized spacial score (nSPS) is 33.1. The molecule has 0 aromatic carbocycles. The molecule has 3 nitrogen and oxygen atoms in total. The fraction of sp³-hybridized carbons (Fsp3) is 1.00. The van der Waals surface area contributed by atoms with E-state index in [1.54, 1.807) is 0 Å². The molecule has 1 saturated heterocycles. The zero-order valence-electron chi connectivity index (χ0n) is 16.8. The lowest BCUT2D eigenvalue weighted by molar-refractivity contribution is 0.0223. The fourth-order valence-electron chi connectivity index (χ4n) is 4.91. The van der Waals surface area contributed by atoms with Gasteiger partial charge in [-0.3, -0.25) is 0 Å². The van der Waals surface area contributed by atoms with E-state index < -0.39 is 0 Å². The van der Waals surface area contributed by atoms with Gasteiger partial charge in [-0.05, 0) is 49.9 Å². The summed E-state index contributed by atoms with van der Waals surface area (Å²) in [6.45, 7) is 6.78. The summed E-state index contributed by atoms with van der Waals surface area (Å²) in [5, 5.41) is 20.6. The smallest absolute Gasteiger partial charge is 0.0636 e. The van der Waals surface area contributed by atoms with Gasteiger partial charge < -0.3 is 14.9 Å². The maximum Gasteiger partial charge on any atom is 0.0636 e. The molecule has 2 aliphatic rings. The van der Waals surface area contributed by atoms with Crippen LogP contribution < -0.4 is 0 Å². The van der Waals surface area contributed by atoms with Crippen molar-refractivity contribution in [3.8, 4) is 0 Å². The molecule has 0 spiro atoms. The number of aliphatic hydroxyl groups is 2. The van der Waals surface area contributed by atoms with Gasteiger partial charge >= 0.3 is 0 Å². The first kappa shape index (κ1) is 21.2. The minimum Gasteiger partial charge on any atom is -0.393 e. The maximum atomic E-state index is 10.4. The van der Waals surface area contributed by atoms with Crippen molar-refractivity contribution in [1.29, 1.82) is 0 Å². The van der Waals surface area contributed by atoms with E-state index in [0.717, 1.165) is 44.4 Å². The summed E-state index contributed by atoms with van der Waals surface area (Å²) in [5.74, 6) is 1.66. The first-order chi connectivity index (χ1) is 12.0. The summed E-state index contributed by atoms with van der Waals surface area (Å²) in [5.41, 5.74) is 0. The number of fused-ring (bicyclic) bond motifs is 1. The number of unbranched alkanes of at least 4 members (excludes halogenated alkanes) is 3. The van der Waals surface area contributed by atoms with Crippen LogP contribution in [0.5, 0.6) is 0 Å². The molecule has 3 heteroatoms. The molecule has 25 heavy (non-hydrogen) atoms. The summed E-state index contributed by atoms with van der Waals surface area (Å²) in [6, 6.07) is 0. The number of rotatable bonds is 12. The number of hydrogen-bond acceptors (Lipinski definition) is 3. The predicted octanol–water partition coefficient (Wildman–Crippen LogP) is 5.08. The maximum absolute atomic E-state index is 10.4. The van der Waals surface area contributed by atoms with E-state index in [1.165, 1.54) is 38.5 Å². The van der Waals surface area contributed by atoms with Crippen LogP contribution in [0.15, 0.2) is 0 Å². The molecule has 1 aliphatic carbocycles. The zero-order valence-corrected chi connectivity index (χ0v) is 16.8. The Morgan fingerprint density at radius 1 is 0.960 bits per heavy atom. The molecule has 2 rings (SSSR count). The largest absolute Gasteiger partial charge is 0.393 e. The Kier molecular flexibility index (Phi) is 9.23. The molecule has 1 unspecified atom stereocenters. The van der Waals surface area contributed by atoms with Crippen molar-refractivity contribution in [2.45, 2.75) is 122 Å². The summed E-state index contributed by atoms with van der Waals surface area (Å²) < 4.78 is 6.26. The molecule has 0 bridgehead atoms. The highest BCUT2D eigenvalue weighted by Gasteiger charge is 2.48. The molecular weight excluding hydrogens is 312 g/mol. The van der Waals surface area contributed by atoms with E-state index >= 15 is 0 Å². The molecule has 2 N–H and O–H groups in total. The lowest BCUT2D eigenvalue weighted by Gasteiger charge is -2.22. The van der Waals surface area contributed by atoms with Crippen molar-refractivity contribution in [2.75, 3.05) is 0 Å². The molecule has 0 aromatic rings. The van der Waals surface area contributed by atoms with Gasteiger partial charge in [0.2, 0.25) is 0 Å². The first-order valence-corrected chi connectivity index (χ1v) is 11.0. The molecule has 0 amide bonds. The summed E-state index contributed by atoms with van der Waals surface area (Å²) in [7, 11) is 0. The van der Waals surface area contributed by atoms with E-state index in [0.29, 0.717) is 17.9 Å². The fourth-order valence-corrected chi connectivity index (χ4v) is 4.91. The van der Waals surface area contributed by atoms with Gasteiger partial charge in [-0.1, -0.05) is 59.3 Å². The van der Waals surface area contributed by atoms with Crippen molar-refractivity contribution in [1.82, 2.24) is 0 Å². The van der Waals surface area contributed by atoms with E-state index in [2.05, 4.69) is 20.8 Å². The van der Waals surface area contributed by atoms with Crippen molar-refractivity contribution in [3.05, 3.63) is 0 Å². The van der Waals surface area contributed by atoms with Gasteiger partial charge in [0.1, 0.15) is 0 Å². The standard InChI is InChI=1S/C22H42O3/c1-4-5-6-10-17(23)12-13-19-20-14-18(11-8-7-9-16(2)3)25-22(20)15-21(19)24/h16-24H,4-15H2,1-3H3/t17-,18?,19+,20+,21+,22-/m0/s1. The molecule has 1 aliphatic heterocycles. The summed E-state index contributed by atoms with van der Waals surface area (Å²) in [6.07, 6.45) is 13.5. The van der Waals surface area contributed by atoms with E-state index in [-0.39, 0.29) is 18.3 Å². The third-order valence-electron chi connectivity index (χ3n) is 6.43. The van der Waals surface area contributed by atoms with Gasteiger partial charge in [0.25, 0.3) is 0 Å². The van der Waals surface area contributed by atoms with Gasteiger partial charge in [0.15, 0.2) is 0 Å². The molecule has 0 aromatic heterocycles. The van der Waals surface area contributed by atoms with Crippen molar-refractivity contribution < 1.29 is 14.9 Å². The average molecular weight is 355 g/mol. The Morgan fingerprint density at radius 3 is 2.44 bits per heavy atom. The number of ether oxygens (including phenoxy) is 1. The topological polar surface area (TPSA) is 49.7 Å². The minimum atomic E-state index is -0.222. The van der Waals surface area contributed by atoms with Crippen LogP contribution in [0.25, 0.3) is 0 Å². The van der Waals surface area contributed by atoms with Crippen molar-refractivity contribution in [3.63, 3.8) is 0 Å². The Labute approximate surface area is 155 Å². The van der Waals surface area contributed by atoms with Crippen LogP contribution in [-0.2, 0) is 4.74 Å². The van der Waals surface area contributed by atoms with Crippen LogP contribution in [0.4, 0.5) is 0 Å². The second kappa shape index (κ2) is 10.9. The van der Waals surface area contributed by atoms with Crippen LogP contribution >= 0.6 is 0 Å². The second-order valence-electron chi connectivity index (χ2n) is 9.07. The Hall–Kier alpha value is -0.120. The lowest BCUT2D eigenvalue weighted by Crippen LogP contribution is -2.22. The van der Waals surface area contributed by atoms with E-state index in [1.807, 2.05) is 0 Å². The van der Waals surface area contributed by atoms with Gasteiger partial charge in [0, 0.05) is 6.42 Å². The SMILES string of the molecule is CCCCC[C@H](O)CC[C@@H]1[C@H]2CC(CCCCC(C)C)O[C@H]2C[C@H]1O. The first-order valence-electron chi connectivity index (χ1n) is 11.0. The predicted molar refractivity (Wildman–Crippen MR) is 104 cm³/mol. The molecule has 1 heterocycles. The Morgan fingerprint density at radius 2 is 1.72 bits per heavy atom. The summed E-state index contributed by atoms with van der Waals surface area (Å²) in [4.78, 5) is 0. The number of hydrogen-bond donors (Lipinski definition) is 2. The van der Waals surface area contributed by atoms with E-state index in [4.69, 9.17) is 4.74 Å². The Bertz CT molecular complexity index is 357. The van der Waals surface area contributed by atoms with Gasteiger partial charge in [-0.15, -0.1) is 0 Å². The van der Waals surface area contributed by atoms with Crippen LogP contribution in [0.1, 0.15) is 97.8 Å². The minimum absolute atomic E-state index is 0.188. The molecule has 6 atom stereocenters. The summed E-state index contributed by atoms with van der Waals surface area (Å²) >= 11 is 0. The quantitative estimate of drug-likeness (QED) is 0.481.